The Morgan fingerprint density at radius 2 is 2.00 bits per heavy atom. The normalized spacial score (nSPS) is 17.8. The second-order valence-corrected chi connectivity index (χ2v) is 2.69. The van der Waals surface area contributed by atoms with Crippen LogP contribution in [0.2, 0.25) is 0 Å². The van der Waals surface area contributed by atoms with E-state index in [1.165, 1.54) is 6.92 Å². The van der Waals surface area contributed by atoms with E-state index in [1.807, 2.05) is 0 Å². The van der Waals surface area contributed by atoms with E-state index in [0.717, 1.165) is 0 Å². The molecule has 1 N–H and O–H groups in total. The molecular weight excluding hydrogens is 162 g/mol. The Morgan fingerprint density at radius 3 is 2.50 bits per heavy atom. The summed E-state index contributed by atoms with van der Waals surface area (Å²) in [6.45, 7) is 2.03. The van der Waals surface area contributed by atoms with E-state index < -0.39 is 0 Å². The number of rotatable bonds is 3. The monoisotopic (exact) mass is 173 g/mol. The van der Waals surface area contributed by atoms with Crippen molar-refractivity contribution in [1.29, 1.82) is 0 Å². The topological polar surface area (TPSA) is 64.6 Å². The van der Waals surface area contributed by atoms with Gasteiger partial charge in [0.15, 0.2) is 0 Å². The fourth-order valence-electron chi connectivity index (χ4n) is 0.816. The van der Waals surface area contributed by atoms with Crippen LogP contribution in [-0.4, -0.2) is 31.4 Å². The number of hydrogen-bond acceptors (Lipinski definition) is 4. The molecule has 1 aliphatic heterocycles. The van der Waals surface area contributed by atoms with E-state index in [0.29, 0.717) is 0 Å². The molecule has 0 aromatic carbocycles. The van der Waals surface area contributed by atoms with Gasteiger partial charge in [0.25, 0.3) is 0 Å². The summed E-state index contributed by atoms with van der Waals surface area (Å²) in [5, 5.41) is 2.48. The highest BCUT2D eigenvalue weighted by atomic mass is 17.2. The smallest absolute Gasteiger partial charge is 0.228 e. The minimum absolute atomic E-state index is 0.0665. The summed E-state index contributed by atoms with van der Waals surface area (Å²) in [5.74, 6) is -0.532. The molecule has 0 aromatic rings. The Kier molecular flexibility index (Phi) is 3.19. The van der Waals surface area contributed by atoms with Crippen molar-refractivity contribution in [3.63, 3.8) is 0 Å². The Labute approximate surface area is 70.0 Å². The molecule has 68 valence electrons. The Bertz CT molecular complexity index is 186. The van der Waals surface area contributed by atoms with E-state index in [1.54, 1.807) is 0 Å². The third-order valence-electron chi connectivity index (χ3n) is 1.50. The van der Waals surface area contributed by atoms with Crippen LogP contribution in [0.5, 0.6) is 0 Å². The molecule has 1 heterocycles. The third kappa shape index (κ3) is 2.60. The van der Waals surface area contributed by atoms with Gasteiger partial charge in [0.1, 0.15) is 5.78 Å². The Morgan fingerprint density at radius 1 is 1.42 bits per heavy atom. The van der Waals surface area contributed by atoms with Crippen LogP contribution in [0, 0.1) is 5.92 Å². The Hall–Kier alpha value is -0.940. The number of ketones is 1. The van der Waals surface area contributed by atoms with Crippen molar-refractivity contribution in [2.45, 2.75) is 6.92 Å². The van der Waals surface area contributed by atoms with Crippen molar-refractivity contribution in [1.82, 2.24) is 5.32 Å². The molecule has 1 rings (SSSR count). The number of Topliss-reactive ketones (excluding diaryl/α,β-unsaturated/α-hetero) is 1. The van der Waals surface area contributed by atoms with Crippen LogP contribution in [0.4, 0.5) is 0 Å². The molecule has 0 bridgehead atoms. The summed E-state index contributed by atoms with van der Waals surface area (Å²) < 4.78 is 0. The second kappa shape index (κ2) is 4.18. The van der Waals surface area contributed by atoms with E-state index in [4.69, 9.17) is 0 Å². The first-order valence-electron chi connectivity index (χ1n) is 3.71. The van der Waals surface area contributed by atoms with Crippen LogP contribution in [0.3, 0.4) is 0 Å². The maximum Gasteiger partial charge on any atom is 0.228 e. The summed E-state index contributed by atoms with van der Waals surface area (Å²) in [4.78, 5) is 30.7. The van der Waals surface area contributed by atoms with Crippen molar-refractivity contribution in [2.24, 2.45) is 5.92 Å². The van der Waals surface area contributed by atoms with E-state index in [2.05, 4.69) is 15.1 Å². The first-order valence-corrected chi connectivity index (χ1v) is 3.71. The van der Waals surface area contributed by atoms with Gasteiger partial charge in [0, 0.05) is 0 Å². The van der Waals surface area contributed by atoms with Gasteiger partial charge in [-0.25, -0.2) is 9.78 Å². The van der Waals surface area contributed by atoms with Crippen LogP contribution >= 0.6 is 0 Å². The first-order chi connectivity index (χ1) is 5.70. The molecule has 0 aliphatic carbocycles. The molecule has 1 aliphatic rings. The van der Waals surface area contributed by atoms with Gasteiger partial charge in [0.05, 0.1) is 25.7 Å². The molecule has 0 unspecified atom stereocenters. The van der Waals surface area contributed by atoms with Gasteiger partial charge in [-0.1, -0.05) is 0 Å². The van der Waals surface area contributed by atoms with Crippen molar-refractivity contribution in [3.8, 4) is 0 Å². The number of hydrogen-bond donors (Lipinski definition) is 1. The number of carbonyl (C=O) groups is 2. The second-order valence-electron chi connectivity index (χ2n) is 2.69. The lowest BCUT2D eigenvalue weighted by Crippen LogP contribution is -2.35. The maximum absolute atomic E-state index is 11.1. The highest BCUT2D eigenvalue weighted by Gasteiger charge is 2.24. The average molecular weight is 173 g/mol. The standard InChI is InChI=1S/C7H11NO4/c1-5(9)2-8-7(10)6-3-11-12-4-6/h6H,2-4H2,1H3,(H,8,10). The lowest BCUT2D eigenvalue weighted by atomic mass is 10.1. The molecule has 1 fully saturated rings. The average Bonchev–Trinajstić information content (AvgIpc) is 2.51. The van der Waals surface area contributed by atoms with Crippen LogP contribution in [0.1, 0.15) is 6.92 Å². The zero-order chi connectivity index (χ0) is 8.97. The lowest BCUT2D eigenvalue weighted by molar-refractivity contribution is -0.248. The fraction of sp³-hybridized carbons (Fsp3) is 0.714. The van der Waals surface area contributed by atoms with Crippen LogP contribution < -0.4 is 5.32 Å². The van der Waals surface area contributed by atoms with Crippen LogP contribution in [0.15, 0.2) is 0 Å². The Balaban J connectivity index is 2.23. The van der Waals surface area contributed by atoms with Gasteiger partial charge in [-0.3, -0.25) is 9.59 Å². The summed E-state index contributed by atoms with van der Waals surface area (Å²) in [6.07, 6.45) is 0. The summed E-state index contributed by atoms with van der Waals surface area (Å²) >= 11 is 0. The molecule has 0 spiro atoms. The van der Waals surface area contributed by atoms with Gasteiger partial charge in [-0.05, 0) is 6.92 Å². The number of carbonyl (C=O) groups excluding carboxylic acids is 2. The molecule has 1 amide bonds. The minimum Gasteiger partial charge on any atom is -0.349 e. The molecule has 0 saturated carbocycles. The van der Waals surface area contributed by atoms with E-state index in [9.17, 15) is 9.59 Å². The third-order valence-corrected chi connectivity index (χ3v) is 1.50. The highest BCUT2D eigenvalue weighted by Crippen LogP contribution is 2.06. The number of nitrogens with one attached hydrogen (secondary N) is 1. The highest BCUT2D eigenvalue weighted by molar-refractivity contribution is 5.85. The van der Waals surface area contributed by atoms with Crippen molar-refractivity contribution >= 4 is 11.7 Å². The predicted octanol–water partition coefficient (Wildman–Crippen LogP) is -0.730. The van der Waals surface area contributed by atoms with Gasteiger partial charge in [-0.15, -0.1) is 0 Å². The van der Waals surface area contributed by atoms with Crippen molar-refractivity contribution < 1.29 is 19.4 Å². The van der Waals surface area contributed by atoms with Crippen molar-refractivity contribution in [3.05, 3.63) is 0 Å². The quantitative estimate of drug-likeness (QED) is 0.571. The zero-order valence-corrected chi connectivity index (χ0v) is 6.83. The van der Waals surface area contributed by atoms with Gasteiger partial charge in [0.2, 0.25) is 5.91 Å². The fourth-order valence-corrected chi connectivity index (χ4v) is 0.816. The first kappa shape index (κ1) is 9.15. The van der Waals surface area contributed by atoms with Crippen LogP contribution in [0.25, 0.3) is 0 Å². The van der Waals surface area contributed by atoms with Crippen molar-refractivity contribution in [2.75, 3.05) is 19.8 Å². The molecular formula is C7H11NO4. The molecule has 5 nitrogen and oxygen atoms in total. The SMILES string of the molecule is CC(=O)CNC(=O)C1COOC1. The minimum atomic E-state index is -0.274. The van der Waals surface area contributed by atoms with E-state index in [-0.39, 0.29) is 37.4 Å². The van der Waals surface area contributed by atoms with Gasteiger partial charge < -0.3 is 5.32 Å². The molecule has 5 heteroatoms. The van der Waals surface area contributed by atoms with E-state index >= 15 is 0 Å². The van der Waals surface area contributed by atoms with Gasteiger partial charge >= 0.3 is 0 Å². The largest absolute Gasteiger partial charge is 0.349 e. The summed E-state index contributed by atoms with van der Waals surface area (Å²) in [6, 6.07) is 0. The maximum atomic E-state index is 11.1. The predicted molar refractivity (Wildman–Crippen MR) is 39.1 cm³/mol. The molecule has 0 radical (unpaired) electrons. The zero-order valence-electron chi connectivity index (χ0n) is 6.83. The molecule has 1 saturated heterocycles. The molecule has 12 heavy (non-hydrogen) atoms. The summed E-state index contributed by atoms with van der Waals surface area (Å²) in [5.41, 5.74) is 0. The summed E-state index contributed by atoms with van der Waals surface area (Å²) in [7, 11) is 0. The molecule has 0 aromatic heterocycles. The van der Waals surface area contributed by atoms with Gasteiger partial charge in [-0.2, -0.15) is 0 Å². The van der Waals surface area contributed by atoms with Crippen LogP contribution in [-0.2, 0) is 19.4 Å². The molecule has 0 atom stereocenters. The number of amides is 1. The lowest BCUT2D eigenvalue weighted by Gasteiger charge is -2.04.